The van der Waals surface area contributed by atoms with Gasteiger partial charge in [-0.3, -0.25) is 4.90 Å². The average molecular weight is 565 g/mol. The molecule has 8 nitrogen and oxygen atoms in total. The molecule has 11 heteroatoms. The van der Waals surface area contributed by atoms with Crippen molar-refractivity contribution < 1.29 is 13.2 Å². The molecule has 1 aromatic heterocycles. The fourth-order valence-corrected chi connectivity index (χ4v) is 6.60. The molecule has 0 spiro atoms. The molecular weight excluding hydrogens is 533 g/mol. The molecule has 2 saturated heterocycles. The van der Waals surface area contributed by atoms with Gasteiger partial charge in [0.1, 0.15) is 0 Å². The van der Waals surface area contributed by atoms with Crippen molar-refractivity contribution in [3.05, 3.63) is 69.8 Å². The minimum Gasteiger partial charge on any atom is -0.361 e. The van der Waals surface area contributed by atoms with E-state index in [1.165, 1.54) is 21.5 Å². The van der Waals surface area contributed by atoms with Crippen LogP contribution in [-0.2, 0) is 16.6 Å². The van der Waals surface area contributed by atoms with Gasteiger partial charge in [0.25, 0.3) is 0 Å². The van der Waals surface area contributed by atoms with Crippen molar-refractivity contribution in [2.24, 2.45) is 0 Å². The van der Waals surface area contributed by atoms with Crippen LogP contribution in [-0.4, -0.2) is 97.1 Å². The second-order valence-electron chi connectivity index (χ2n) is 10.00. The number of aromatic nitrogens is 1. The molecule has 2 atom stereocenters. The van der Waals surface area contributed by atoms with Crippen molar-refractivity contribution in [2.75, 3.05) is 52.6 Å². The molecule has 37 heavy (non-hydrogen) atoms. The highest BCUT2D eigenvalue weighted by Gasteiger charge is 2.40. The number of fused-ring (bicyclic) bond motifs is 1. The molecular formula is C26H31Cl2N5O3S. The van der Waals surface area contributed by atoms with Gasteiger partial charge < -0.3 is 14.8 Å². The fourth-order valence-electron chi connectivity index (χ4n) is 5.47. The monoisotopic (exact) mass is 563 g/mol. The van der Waals surface area contributed by atoms with Gasteiger partial charge in [0, 0.05) is 69.5 Å². The Labute approximate surface area is 227 Å². The van der Waals surface area contributed by atoms with Crippen LogP contribution in [0.25, 0.3) is 10.9 Å². The van der Waals surface area contributed by atoms with Gasteiger partial charge >= 0.3 is 6.03 Å². The Morgan fingerprint density at radius 2 is 1.76 bits per heavy atom. The molecule has 0 aliphatic carbocycles. The Kier molecular flexibility index (Phi) is 7.44. The number of carbonyl (C=O) groups is 1. The third-order valence-electron chi connectivity index (χ3n) is 7.53. The Morgan fingerprint density at radius 1 is 1.00 bits per heavy atom. The second kappa shape index (κ2) is 10.5. The first-order chi connectivity index (χ1) is 17.6. The van der Waals surface area contributed by atoms with Crippen LogP contribution in [0.5, 0.6) is 0 Å². The van der Waals surface area contributed by atoms with Crippen LogP contribution in [0.1, 0.15) is 17.0 Å². The minimum absolute atomic E-state index is 0.0512. The van der Waals surface area contributed by atoms with E-state index >= 15 is 0 Å². The molecule has 0 radical (unpaired) electrons. The summed E-state index contributed by atoms with van der Waals surface area (Å²) < 4.78 is 25.2. The van der Waals surface area contributed by atoms with Crippen molar-refractivity contribution in [1.82, 2.24) is 24.0 Å². The molecule has 2 aliphatic heterocycles. The number of rotatable bonds is 5. The van der Waals surface area contributed by atoms with Crippen LogP contribution in [0.4, 0.5) is 4.79 Å². The van der Waals surface area contributed by atoms with Gasteiger partial charge in [0.2, 0.25) is 10.0 Å². The number of urea groups is 1. The van der Waals surface area contributed by atoms with Gasteiger partial charge in [0.05, 0.1) is 16.3 Å². The summed E-state index contributed by atoms with van der Waals surface area (Å²) >= 11 is 12.6. The third-order valence-corrected chi connectivity index (χ3v) is 9.57. The summed E-state index contributed by atoms with van der Waals surface area (Å²) in [6.45, 7) is 3.25. The number of sulfonamides is 1. The van der Waals surface area contributed by atoms with Crippen molar-refractivity contribution in [1.29, 1.82) is 0 Å². The van der Waals surface area contributed by atoms with Crippen LogP contribution >= 0.6 is 23.2 Å². The summed E-state index contributed by atoms with van der Waals surface area (Å²) in [6.07, 6.45) is 3.15. The fraction of sp³-hybridized carbons (Fsp3) is 0.423. The van der Waals surface area contributed by atoms with E-state index in [0.29, 0.717) is 49.3 Å². The van der Waals surface area contributed by atoms with Gasteiger partial charge in [0.15, 0.2) is 0 Å². The first-order valence-corrected chi connectivity index (χ1v) is 14.9. The quantitative estimate of drug-likeness (QED) is 0.507. The lowest BCUT2D eigenvalue weighted by Gasteiger charge is -2.35. The maximum absolute atomic E-state index is 13.5. The molecule has 5 rings (SSSR count). The molecule has 0 bridgehead atoms. The number of H-pyrrole nitrogens is 1. The third kappa shape index (κ3) is 5.61. The molecule has 0 saturated carbocycles. The molecule has 2 aliphatic rings. The van der Waals surface area contributed by atoms with Crippen LogP contribution < -0.4 is 0 Å². The number of likely N-dealkylation sites (tertiary alicyclic amines) is 1. The van der Waals surface area contributed by atoms with Crippen LogP contribution in [0, 0.1) is 0 Å². The number of carbonyl (C=O) groups excluding carboxylic acids is 1. The lowest BCUT2D eigenvalue weighted by Crippen LogP contribution is -2.53. The van der Waals surface area contributed by atoms with Gasteiger partial charge in [-0.1, -0.05) is 41.4 Å². The predicted molar refractivity (Wildman–Crippen MR) is 148 cm³/mol. The topological polar surface area (TPSA) is 80.0 Å². The van der Waals surface area contributed by atoms with Crippen molar-refractivity contribution in [3.63, 3.8) is 0 Å². The van der Waals surface area contributed by atoms with Crippen LogP contribution in [0.15, 0.2) is 48.7 Å². The molecule has 2 aromatic carbocycles. The van der Waals surface area contributed by atoms with Gasteiger partial charge in [-0.05, 0) is 47.8 Å². The SMILES string of the molecule is CN(Cc1ccc2cc[nH]c2c1)C1CN(C(=O)N2CCN(S(C)(=O)=O)CC2)CC1c1ccc(Cl)c(Cl)c1. The van der Waals surface area contributed by atoms with Crippen molar-refractivity contribution in [2.45, 2.75) is 18.5 Å². The summed E-state index contributed by atoms with van der Waals surface area (Å²) in [5.41, 5.74) is 3.33. The van der Waals surface area contributed by atoms with Gasteiger partial charge in [-0.15, -0.1) is 0 Å². The summed E-state index contributed by atoms with van der Waals surface area (Å²) in [5.74, 6) is 0.0512. The zero-order chi connectivity index (χ0) is 26.3. The summed E-state index contributed by atoms with van der Waals surface area (Å²) in [4.78, 5) is 22.7. The van der Waals surface area contributed by atoms with E-state index in [1.54, 1.807) is 4.90 Å². The second-order valence-corrected chi connectivity index (χ2v) is 12.8. The Balaban J connectivity index is 1.35. The van der Waals surface area contributed by atoms with Gasteiger partial charge in [-0.2, -0.15) is 4.31 Å². The number of hydrogen-bond acceptors (Lipinski definition) is 4. The summed E-state index contributed by atoms with van der Waals surface area (Å²) in [6, 6.07) is 14.2. The smallest absolute Gasteiger partial charge is 0.320 e. The van der Waals surface area contributed by atoms with E-state index in [9.17, 15) is 13.2 Å². The number of nitrogens with one attached hydrogen (secondary N) is 1. The first-order valence-electron chi connectivity index (χ1n) is 12.3. The number of piperazine rings is 1. The molecule has 2 amide bonds. The lowest BCUT2D eigenvalue weighted by atomic mass is 9.93. The number of aromatic amines is 1. The number of nitrogens with zero attached hydrogens (tertiary/aromatic N) is 4. The minimum atomic E-state index is -3.26. The zero-order valence-electron chi connectivity index (χ0n) is 20.9. The Morgan fingerprint density at radius 3 is 2.46 bits per heavy atom. The largest absolute Gasteiger partial charge is 0.361 e. The molecule has 2 fully saturated rings. The summed E-state index contributed by atoms with van der Waals surface area (Å²) in [7, 11) is -1.17. The maximum Gasteiger partial charge on any atom is 0.320 e. The Bertz CT molecular complexity index is 1400. The van der Waals surface area contributed by atoms with E-state index in [-0.39, 0.29) is 18.0 Å². The predicted octanol–water partition coefficient (Wildman–Crippen LogP) is 4.07. The van der Waals surface area contributed by atoms with E-state index in [4.69, 9.17) is 23.2 Å². The highest BCUT2D eigenvalue weighted by atomic mass is 35.5. The van der Waals surface area contributed by atoms with Crippen LogP contribution in [0.3, 0.4) is 0 Å². The first kappa shape index (κ1) is 26.3. The van der Waals surface area contributed by atoms with Gasteiger partial charge in [-0.25, -0.2) is 13.2 Å². The number of likely N-dealkylation sites (N-methyl/N-ethyl adjacent to an activating group) is 1. The number of halogens is 2. The molecule has 3 heterocycles. The molecule has 3 aromatic rings. The molecule has 198 valence electrons. The number of hydrogen-bond donors (Lipinski definition) is 1. The standard InChI is InChI=1S/C26H31Cl2N5O3S/c1-30(15-18-3-4-19-7-8-29-24(19)13-18)25-17-32(16-21(25)20-5-6-22(27)23(28)14-20)26(34)31-9-11-33(12-10-31)37(2,35)36/h3-8,13-14,21,25,29H,9-12,15-17H2,1-2H3. The van der Waals surface area contributed by atoms with E-state index in [0.717, 1.165) is 17.6 Å². The van der Waals surface area contributed by atoms with Crippen molar-refractivity contribution >= 4 is 50.2 Å². The normalized spacial score (nSPS) is 21.3. The molecule has 2 unspecified atom stereocenters. The highest BCUT2D eigenvalue weighted by molar-refractivity contribution is 7.88. The highest BCUT2D eigenvalue weighted by Crippen LogP contribution is 2.35. The maximum atomic E-state index is 13.5. The van der Waals surface area contributed by atoms with E-state index in [1.807, 2.05) is 29.3 Å². The summed E-state index contributed by atoms with van der Waals surface area (Å²) in [5, 5.41) is 2.18. The lowest BCUT2D eigenvalue weighted by molar-refractivity contribution is 0.138. The van der Waals surface area contributed by atoms with Crippen molar-refractivity contribution in [3.8, 4) is 0 Å². The average Bonchev–Trinajstić information content (AvgIpc) is 3.52. The zero-order valence-corrected chi connectivity index (χ0v) is 23.2. The Hall–Kier alpha value is -2.30. The van der Waals surface area contributed by atoms with Crippen LogP contribution in [0.2, 0.25) is 10.0 Å². The van der Waals surface area contributed by atoms with E-state index < -0.39 is 10.0 Å². The van der Waals surface area contributed by atoms with E-state index in [2.05, 4.69) is 41.2 Å². The number of benzene rings is 2. The number of amides is 2. The molecule has 1 N–H and O–H groups in total.